The summed E-state index contributed by atoms with van der Waals surface area (Å²) in [5.41, 5.74) is 2.17. The fourth-order valence-corrected chi connectivity index (χ4v) is 1.99. The maximum Gasteiger partial charge on any atom is 0.120 e. The molecule has 0 aliphatic carbocycles. The van der Waals surface area contributed by atoms with Crippen molar-refractivity contribution in [3.63, 3.8) is 0 Å². The van der Waals surface area contributed by atoms with Crippen LogP contribution in [0.4, 0.5) is 0 Å². The molecule has 0 spiro atoms. The minimum atomic E-state index is 0.442. The van der Waals surface area contributed by atoms with Crippen molar-refractivity contribution in [3.8, 4) is 5.75 Å². The molecule has 2 nitrogen and oxygen atoms in total. The fourth-order valence-electron chi connectivity index (χ4n) is 1.99. The van der Waals surface area contributed by atoms with Gasteiger partial charge in [0.15, 0.2) is 0 Å². The minimum Gasteiger partial charge on any atom is -0.508 e. The topological polar surface area (TPSA) is 23.5 Å². The summed E-state index contributed by atoms with van der Waals surface area (Å²) < 4.78 is 0. The van der Waals surface area contributed by atoms with Crippen LogP contribution in [0.1, 0.15) is 24.0 Å². The van der Waals surface area contributed by atoms with E-state index in [2.05, 4.69) is 11.0 Å². The summed E-state index contributed by atoms with van der Waals surface area (Å²) >= 11 is 0. The Morgan fingerprint density at radius 1 is 1.29 bits per heavy atom. The van der Waals surface area contributed by atoms with Crippen molar-refractivity contribution in [3.05, 3.63) is 29.3 Å². The van der Waals surface area contributed by atoms with Crippen LogP contribution < -0.4 is 0 Å². The maximum atomic E-state index is 9.73. The number of phenols is 1. The van der Waals surface area contributed by atoms with Crippen LogP contribution in [0.3, 0.4) is 0 Å². The highest BCUT2D eigenvalue weighted by molar-refractivity contribution is 5.35. The lowest BCUT2D eigenvalue weighted by molar-refractivity contribution is 0.324. The summed E-state index contributed by atoms with van der Waals surface area (Å²) in [6.07, 6.45) is 2.60. The van der Waals surface area contributed by atoms with Crippen LogP contribution in [-0.4, -0.2) is 23.1 Å². The molecule has 0 unspecified atom stereocenters. The van der Waals surface area contributed by atoms with Gasteiger partial charge in [0.05, 0.1) is 0 Å². The van der Waals surface area contributed by atoms with Crippen molar-refractivity contribution in [2.24, 2.45) is 0 Å². The van der Waals surface area contributed by atoms with Crippen LogP contribution in [0.2, 0.25) is 0 Å². The smallest absolute Gasteiger partial charge is 0.120 e. The molecule has 1 heterocycles. The Kier molecular flexibility index (Phi) is 2.73. The van der Waals surface area contributed by atoms with Gasteiger partial charge in [-0.3, -0.25) is 4.90 Å². The van der Waals surface area contributed by atoms with E-state index >= 15 is 0 Å². The molecule has 2 heteroatoms. The molecule has 14 heavy (non-hydrogen) atoms. The monoisotopic (exact) mass is 191 g/mol. The molecular formula is C12H17NO. The molecule has 0 atom stereocenters. The Labute approximate surface area is 85.2 Å². The average molecular weight is 191 g/mol. The first-order valence-corrected chi connectivity index (χ1v) is 5.26. The fraction of sp³-hybridized carbons (Fsp3) is 0.500. The number of hydrogen-bond donors (Lipinski definition) is 1. The first-order chi connectivity index (χ1) is 6.75. The van der Waals surface area contributed by atoms with Crippen molar-refractivity contribution in [2.45, 2.75) is 26.3 Å². The van der Waals surface area contributed by atoms with Gasteiger partial charge in [-0.05, 0) is 44.5 Å². The number of aromatic hydroxyl groups is 1. The Hall–Kier alpha value is -1.02. The number of aryl methyl sites for hydroxylation is 1. The van der Waals surface area contributed by atoms with Crippen LogP contribution in [0.15, 0.2) is 18.2 Å². The zero-order valence-corrected chi connectivity index (χ0v) is 8.66. The Morgan fingerprint density at radius 2 is 2.00 bits per heavy atom. The average Bonchev–Trinajstić information content (AvgIpc) is 2.62. The van der Waals surface area contributed by atoms with Gasteiger partial charge < -0.3 is 5.11 Å². The number of likely N-dealkylation sites (tertiary alicyclic amines) is 1. The highest BCUT2D eigenvalue weighted by Gasteiger charge is 2.13. The molecule has 1 fully saturated rings. The normalized spacial score (nSPS) is 17.5. The van der Waals surface area contributed by atoms with Gasteiger partial charge in [-0.15, -0.1) is 0 Å². The molecule has 0 radical (unpaired) electrons. The molecule has 76 valence electrons. The van der Waals surface area contributed by atoms with Gasteiger partial charge in [0, 0.05) is 12.1 Å². The molecule has 0 aromatic heterocycles. The van der Waals surface area contributed by atoms with Crippen LogP contribution in [-0.2, 0) is 6.54 Å². The lowest BCUT2D eigenvalue weighted by Crippen LogP contribution is -2.18. The predicted octanol–water partition coefficient (Wildman–Crippen LogP) is 2.30. The summed E-state index contributed by atoms with van der Waals surface area (Å²) in [4.78, 5) is 2.39. The van der Waals surface area contributed by atoms with Gasteiger partial charge in [-0.1, -0.05) is 12.1 Å². The molecule has 1 aliphatic rings. The third kappa shape index (κ3) is 2.07. The van der Waals surface area contributed by atoms with Crippen LogP contribution in [0, 0.1) is 6.92 Å². The number of benzene rings is 1. The van der Waals surface area contributed by atoms with Gasteiger partial charge in [0.25, 0.3) is 0 Å². The Morgan fingerprint density at radius 3 is 2.64 bits per heavy atom. The van der Waals surface area contributed by atoms with Gasteiger partial charge in [0.2, 0.25) is 0 Å². The highest BCUT2D eigenvalue weighted by atomic mass is 16.3. The summed E-state index contributed by atoms with van der Waals surface area (Å²) in [6, 6.07) is 5.93. The van der Waals surface area contributed by atoms with Crippen LogP contribution in [0.25, 0.3) is 0 Å². The van der Waals surface area contributed by atoms with E-state index in [1.165, 1.54) is 25.9 Å². The molecular weight excluding hydrogens is 174 g/mol. The number of rotatable bonds is 2. The van der Waals surface area contributed by atoms with Gasteiger partial charge in [0.1, 0.15) is 5.75 Å². The predicted molar refractivity (Wildman–Crippen MR) is 57.4 cm³/mol. The van der Waals surface area contributed by atoms with Gasteiger partial charge in [-0.25, -0.2) is 0 Å². The Bertz CT molecular complexity index is 316. The number of phenolic OH excluding ortho intramolecular Hbond substituents is 1. The van der Waals surface area contributed by atoms with Crippen molar-refractivity contribution >= 4 is 0 Å². The lowest BCUT2D eigenvalue weighted by atomic mass is 10.1. The SMILES string of the molecule is Cc1ccc(CN2CCCC2)c(O)c1. The molecule has 1 aromatic rings. The van der Waals surface area contributed by atoms with E-state index in [0.717, 1.165) is 17.7 Å². The Balaban J connectivity index is 2.08. The second-order valence-electron chi connectivity index (χ2n) is 4.12. The van der Waals surface area contributed by atoms with E-state index in [4.69, 9.17) is 0 Å². The largest absolute Gasteiger partial charge is 0.508 e. The van der Waals surface area contributed by atoms with Crippen molar-refractivity contribution in [1.29, 1.82) is 0 Å². The van der Waals surface area contributed by atoms with E-state index in [1.54, 1.807) is 0 Å². The molecule has 1 saturated heterocycles. The zero-order chi connectivity index (χ0) is 9.97. The molecule has 1 N–H and O–H groups in total. The van der Waals surface area contributed by atoms with E-state index < -0.39 is 0 Å². The van der Waals surface area contributed by atoms with Crippen molar-refractivity contribution in [1.82, 2.24) is 4.90 Å². The summed E-state index contributed by atoms with van der Waals surface area (Å²) in [7, 11) is 0. The van der Waals surface area contributed by atoms with Crippen molar-refractivity contribution < 1.29 is 5.11 Å². The van der Waals surface area contributed by atoms with Crippen LogP contribution >= 0.6 is 0 Å². The molecule has 0 amide bonds. The molecule has 1 aliphatic heterocycles. The lowest BCUT2D eigenvalue weighted by Gasteiger charge is -2.15. The van der Waals surface area contributed by atoms with Crippen LogP contribution in [0.5, 0.6) is 5.75 Å². The summed E-state index contributed by atoms with van der Waals surface area (Å²) in [5, 5.41) is 9.73. The highest BCUT2D eigenvalue weighted by Crippen LogP contribution is 2.21. The molecule has 2 rings (SSSR count). The third-order valence-corrected chi connectivity index (χ3v) is 2.83. The number of hydrogen-bond acceptors (Lipinski definition) is 2. The van der Waals surface area contributed by atoms with Gasteiger partial charge >= 0.3 is 0 Å². The standard InChI is InChI=1S/C12H17NO/c1-10-4-5-11(12(14)8-10)9-13-6-2-3-7-13/h4-5,8,14H,2-3,6-7,9H2,1H3. The summed E-state index contributed by atoms with van der Waals surface area (Å²) in [6.45, 7) is 5.24. The van der Waals surface area contributed by atoms with E-state index in [1.807, 2.05) is 19.1 Å². The second-order valence-corrected chi connectivity index (χ2v) is 4.12. The van der Waals surface area contributed by atoms with E-state index in [9.17, 15) is 5.11 Å². The van der Waals surface area contributed by atoms with Gasteiger partial charge in [-0.2, -0.15) is 0 Å². The molecule has 0 saturated carbocycles. The van der Waals surface area contributed by atoms with E-state index in [0.29, 0.717) is 5.75 Å². The maximum absolute atomic E-state index is 9.73. The second kappa shape index (κ2) is 4.01. The first kappa shape index (κ1) is 9.53. The third-order valence-electron chi connectivity index (χ3n) is 2.83. The summed E-state index contributed by atoms with van der Waals surface area (Å²) in [5.74, 6) is 0.442. The van der Waals surface area contributed by atoms with Crippen molar-refractivity contribution in [2.75, 3.05) is 13.1 Å². The zero-order valence-electron chi connectivity index (χ0n) is 8.66. The molecule has 1 aromatic carbocycles. The minimum absolute atomic E-state index is 0.442. The molecule has 0 bridgehead atoms. The first-order valence-electron chi connectivity index (χ1n) is 5.26. The van der Waals surface area contributed by atoms with E-state index in [-0.39, 0.29) is 0 Å². The quantitative estimate of drug-likeness (QED) is 0.775. The number of nitrogens with zero attached hydrogens (tertiary/aromatic N) is 1.